The lowest BCUT2D eigenvalue weighted by atomic mass is 10.1. The summed E-state index contributed by atoms with van der Waals surface area (Å²) in [5, 5.41) is 8.53. The summed E-state index contributed by atoms with van der Waals surface area (Å²) in [5.41, 5.74) is 0.127. The number of imidazole rings is 1. The maximum absolute atomic E-state index is 11.4. The first-order chi connectivity index (χ1) is 7.11. The zero-order valence-electron chi connectivity index (χ0n) is 8.19. The van der Waals surface area contributed by atoms with Gasteiger partial charge in [0.15, 0.2) is 11.6 Å². The Morgan fingerprint density at radius 2 is 2.20 bits per heavy atom. The predicted octanol–water partition coefficient (Wildman–Crippen LogP) is 1.40. The Bertz CT molecular complexity index is 368. The summed E-state index contributed by atoms with van der Waals surface area (Å²) in [4.78, 5) is 28.3. The van der Waals surface area contributed by atoms with Crippen LogP contribution in [0.2, 0.25) is 0 Å². The molecule has 0 bridgehead atoms. The molecule has 1 aromatic heterocycles. The smallest absolute Gasteiger partial charge is 0.330 e. The summed E-state index contributed by atoms with van der Waals surface area (Å²) in [6, 6.07) is 0. The lowest BCUT2D eigenvalue weighted by Gasteiger charge is -1.98. The monoisotopic (exact) mass is 208 g/mol. The van der Waals surface area contributed by atoms with E-state index in [1.54, 1.807) is 6.20 Å². The molecule has 1 aromatic rings. The molecule has 0 aliphatic carbocycles. The van der Waals surface area contributed by atoms with Gasteiger partial charge in [0.05, 0.1) is 0 Å². The molecule has 1 heterocycles. The van der Waals surface area contributed by atoms with Crippen LogP contribution in [0.3, 0.4) is 0 Å². The van der Waals surface area contributed by atoms with Gasteiger partial charge in [-0.05, 0) is 12.8 Å². The zero-order chi connectivity index (χ0) is 11.3. The Labute approximate surface area is 86.8 Å². The number of hydrogen-bond acceptors (Lipinski definition) is 3. The molecule has 0 aliphatic heterocycles. The Morgan fingerprint density at radius 3 is 2.73 bits per heavy atom. The largest absolute Gasteiger partial charge is 0.478 e. The van der Waals surface area contributed by atoms with Crippen molar-refractivity contribution in [3.8, 4) is 0 Å². The standard InChI is InChI=1S/C10H12N2O3/c1-7(10(14)15)3-2-4-8(13)9-11-5-6-12-9/h5-6H,1-4H2,(H,11,12)(H,14,15). The van der Waals surface area contributed by atoms with Crippen molar-refractivity contribution in [2.75, 3.05) is 0 Å². The van der Waals surface area contributed by atoms with E-state index >= 15 is 0 Å². The average molecular weight is 208 g/mol. The van der Waals surface area contributed by atoms with Crippen molar-refractivity contribution in [1.82, 2.24) is 9.97 Å². The molecule has 0 aliphatic rings. The van der Waals surface area contributed by atoms with E-state index in [2.05, 4.69) is 16.5 Å². The first kappa shape index (κ1) is 11.2. The predicted molar refractivity (Wildman–Crippen MR) is 53.5 cm³/mol. The third kappa shape index (κ3) is 3.38. The van der Waals surface area contributed by atoms with Gasteiger partial charge in [0.1, 0.15) is 0 Å². The third-order valence-corrected chi connectivity index (χ3v) is 1.95. The molecule has 0 amide bonds. The molecule has 0 atom stereocenters. The molecule has 5 nitrogen and oxygen atoms in total. The van der Waals surface area contributed by atoms with E-state index in [1.165, 1.54) is 6.20 Å². The van der Waals surface area contributed by atoms with Gasteiger partial charge >= 0.3 is 5.97 Å². The molecule has 1 rings (SSSR count). The minimum atomic E-state index is -1.01. The second kappa shape index (κ2) is 5.09. The van der Waals surface area contributed by atoms with Crippen molar-refractivity contribution in [3.63, 3.8) is 0 Å². The highest BCUT2D eigenvalue weighted by Crippen LogP contribution is 2.07. The molecule has 5 heteroatoms. The number of H-pyrrole nitrogens is 1. The molecule has 15 heavy (non-hydrogen) atoms. The van der Waals surface area contributed by atoms with Gasteiger partial charge in [-0.1, -0.05) is 6.58 Å². The molecule has 0 fully saturated rings. The van der Waals surface area contributed by atoms with Crippen LogP contribution in [0.15, 0.2) is 24.5 Å². The van der Waals surface area contributed by atoms with Crippen molar-refractivity contribution < 1.29 is 14.7 Å². The van der Waals surface area contributed by atoms with Crippen LogP contribution in [-0.4, -0.2) is 26.8 Å². The number of Topliss-reactive ketones (excluding diaryl/α,β-unsaturated/α-hetero) is 1. The maximum atomic E-state index is 11.4. The summed E-state index contributed by atoms with van der Waals surface area (Å²) < 4.78 is 0. The van der Waals surface area contributed by atoms with Crippen molar-refractivity contribution in [1.29, 1.82) is 0 Å². The highest BCUT2D eigenvalue weighted by Gasteiger charge is 2.09. The number of carboxylic acids is 1. The van der Waals surface area contributed by atoms with Crippen molar-refractivity contribution in [3.05, 3.63) is 30.4 Å². The average Bonchev–Trinajstić information content (AvgIpc) is 2.70. The number of carbonyl (C=O) groups excluding carboxylic acids is 1. The Kier molecular flexibility index (Phi) is 3.79. The molecule has 2 N–H and O–H groups in total. The van der Waals surface area contributed by atoms with Crippen LogP contribution in [0.25, 0.3) is 0 Å². The number of aliphatic carboxylic acids is 1. The summed E-state index contributed by atoms with van der Waals surface area (Å²) in [6.07, 6.45) is 4.15. The van der Waals surface area contributed by atoms with E-state index in [9.17, 15) is 9.59 Å². The van der Waals surface area contributed by atoms with Gasteiger partial charge in [0.2, 0.25) is 0 Å². The topological polar surface area (TPSA) is 83.0 Å². The van der Waals surface area contributed by atoms with Crippen molar-refractivity contribution in [2.45, 2.75) is 19.3 Å². The van der Waals surface area contributed by atoms with Gasteiger partial charge in [-0.25, -0.2) is 9.78 Å². The van der Waals surface area contributed by atoms with E-state index in [0.717, 1.165) is 0 Å². The van der Waals surface area contributed by atoms with Gasteiger partial charge in [-0.2, -0.15) is 0 Å². The number of carboxylic acid groups (broad SMARTS) is 1. The minimum Gasteiger partial charge on any atom is -0.478 e. The Balaban J connectivity index is 2.30. The first-order valence-electron chi connectivity index (χ1n) is 4.55. The van der Waals surface area contributed by atoms with Gasteiger partial charge in [-0.3, -0.25) is 4.79 Å². The van der Waals surface area contributed by atoms with Crippen LogP contribution in [0.4, 0.5) is 0 Å². The SMILES string of the molecule is C=C(CCCC(=O)c1ncc[nH]1)C(=O)O. The van der Waals surface area contributed by atoms with Crippen molar-refractivity contribution in [2.24, 2.45) is 0 Å². The Morgan fingerprint density at radius 1 is 1.47 bits per heavy atom. The number of aromatic amines is 1. The maximum Gasteiger partial charge on any atom is 0.330 e. The molecule has 0 radical (unpaired) electrons. The van der Waals surface area contributed by atoms with Gasteiger partial charge in [0, 0.05) is 24.4 Å². The summed E-state index contributed by atoms with van der Waals surface area (Å²) in [6.45, 7) is 3.38. The highest BCUT2D eigenvalue weighted by atomic mass is 16.4. The van der Waals surface area contributed by atoms with Gasteiger partial charge in [0.25, 0.3) is 0 Å². The van der Waals surface area contributed by atoms with Crippen LogP contribution in [0, 0.1) is 0 Å². The van der Waals surface area contributed by atoms with Gasteiger partial charge in [-0.15, -0.1) is 0 Å². The van der Waals surface area contributed by atoms with Crippen molar-refractivity contribution >= 4 is 11.8 Å². The van der Waals surface area contributed by atoms with Crippen LogP contribution in [-0.2, 0) is 4.79 Å². The molecular weight excluding hydrogens is 196 g/mol. The summed E-state index contributed by atoms with van der Waals surface area (Å²) in [7, 11) is 0. The number of nitrogens with one attached hydrogen (secondary N) is 1. The lowest BCUT2D eigenvalue weighted by molar-refractivity contribution is -0.132. The molecule has 0 saturated heterocycles. The van der Waals surface area contributed by atoms with Crippen LogP contribution < -0.4 is 0 Å². The molecule has 0 spiro atoms. The molecule has 0 unspecified atom stereocenters. The fourth-order valence-electron chi connectivity index (χ4n) is 1.11. The lowest BCUT2D eigenvalue weighted by Crippen LogP contribution is -2.03. The Hall–Kier alpha value is -1.91. The quantitative estimate of drug-likeness (QED) is 0.546. The van der Waals surface area contributed by atoms with Crippen LogP contribution in [0.1, 0.15) is 29.9 Å². The minimum absolute atomic E-state index is 0.113. The number of nitrogens with zero attached hydrogens (tertiary/aromatic N) is 1. The summed E-state index contributed by atoms with van der Waals surface area (Å²) in [5.74, 6) is -0.811. The normalized spacial score (nSPS) is 9.87. The molecule has 0 saturated carbocycles. The number of ketones is 1. The fraction of sp³-hybridized carbons (Fsp3) is 0.300. The highest BCUT2D eigenvalue weighted by molar-refractivity contribution is 5.92. The first-order valence-corrected chi connectivity index (χ1v) is 4.55. The summed E-state index contributed by atoms with van der Waals surface area (Å²) >= 11 is 0. The second-order valence-electron chi connectivity index (χ2n) is 3.12. The number of carbonyl (C=O) groups is 2. The molecular formula is C10H12N2O3. The number of rotatable bonds is 6. The van der Waals surface area contributed by atoms with E-state index in [4.69, 9.17) is 5.11 Å². The molecule has 80 valence electrons. The van der Waals surface area contributed by atoms with E-state index in [1.807, 2.05) is 0 Å². The zero-order valence-corrected chi connectivity index (χ0v) is 8.19. The van der Waals surface area contributed by atoms with E-state index < -0.39 is 5.97 Å². The molecule has 0 aromatic carbocycles. The third-order valence-electron chi connectivity index (χ3n) is 1.95. The fourth-order valence-corrected chi connectivity index (χ4v) is 1.11. The van der Waals surface area contributed by atoms with Crippen LogP contribution >= 0.6 is 0 Å². The number of aromatic nitrogens is 2. The van der Waals surface area contributed by atoms with E-state index in [0.29, 0.717) is 18.7 Å². The van der Waals surface area contributed by atoms with Gasteiger partial charge < -0.3 is 10.1 Å². The van der Waals surface area contributed by atoms with Crippen LogP contribution in [0.5, 0.6) is 0 Å². The van der Waals surface area contributed by atoms with E-state index in [-0.39, 0.29) is 17.8 Å². The second-order valence-corrected chi connectivity index (χ2v) is 3.12. The number of hydrogen-bond donors (Lipinski definition) is 2.